The highest BCUT2D eigenvalue weighted by atomic mass is 16.2. The summed E-state index contributed by atoms with van der Waals surface area (Å²) in [6.07, 6.45) is 3.54. The van der Waals surface area contributed by atoms with Crippen molar-refractivity contribution < 1.29 is 14.4 Å². The number of rotatable bonds is 5. The van der Waals surface area contributed by atoms with Gasteiger partial charge in [0.15, 0.2) is 0 Å². The van der Waals surface area contributed by atoms with E-state index in [1.165, 1.54) is 6.92 Å². The van der Waals surface area contributed by atoms with Crippen LogP contribution in [0.1, 0.15) is 18.9 Å². The van der Waals surface area contributed by atoms with Crippen molar-refractivity contribution in [2.45, 2.75) is 19.9 Å². The molecule has 1 saturated heterocycles. The second-order valence-corrected chi connectivity index (χ2v) is 6.22. The SMILES string of the molecule is CC(=O)Nc1cccc(N2CC(C(=O)NCc3cccnc3)CC2=O)c1. The fraction of sp³-hybridized carbons (Fsp3) is 0.263. The molecule has 3 amide bonds. The molecule has 1 aliphatic heterocycles. The molecule has 2 N–H and O–H groups in total. The first-order valence-electron chi connectivity index (χ1n) is 8.37. The number of carbonyl (C=O) groups excluding carboxylic acids is 3. The van der Waals surface area contributed by atoms with Crippen molar-refractivity contribution in [3.05, 3.63) is 54.4 Å². The quantitative estimate of drug-likeness (QED) is 0.857. The fourth-order valence-corrected chi connectivity index (χ4v) is 2.92. The second kappa shape index (κ2) is 7.77. The van der Waals surface area contributed by atoms with Gasteiger partial charge in [-0.2, -0.15) is 0 Å². The average molecular weight is 352 g/mol. The van der Waals surface area contributed by atoms with Crippen LogP contribution in [0.15, 0.2) is 48.8 Å². The number of nitrogens with zero attached hydrogens (tertiary/aromatic N) is 2. The lowest BCUT2D eigenvalue weighted by Crippen LogP contribution is -2.32. The van der Waals surface area contributed by atoms with E-state index in [0.29, 0.717) is 24.5 Å². The van der Waals surface area contributed by atoms with E-state index in [0.717, 1.165) is 5.56 Å². The molecular weight excluding hydrogens is 332 g/mol. The molecule has 134 valence electrons. The van der Waals surface area contributed by atoms with Crippen LogP contribution in [0.3, 0.4) is 0 Å². The number of pyridine rings is 1. The molecule has 0 spiro atoms. The molecule has 2 heterocycles. The highest BCUT2D eigenvalue weighted by Gasteiger charge is 2.35. The van der Waals surface area contributed by atoms with Gasteiger partial charge >= 0.3 is 0 Å². The minimum Gasteiger partial charge on any atom is -0.352 e. The van der Waals surface area contributed by atoms with Crippen LogP contribution in [0.5, 0.6) is 0 Å². The van der Waals surface area contributed by atoms with Gasteiger partial charge in [-0.25, -0.2) is 0 Å². The maximum Gasteiger partial charge on any atom is 0.227 e. The van der Waals surface area contributed by atoms with Gasteiger partial charge in [0.2, 0.25) is 17.7 Å². The van der Waals surface area contributed by atoms with E-state index in [1.54, 1.807) is 41.6 Å². The Morgan fingerprint density at radius 3 is 2.85 bits per heavy atom. The molecule has 3 rings (SSSR count). The van der Waals surface area contributed by atoms with Gasteiger partial charge in [0.25, 0.3) is 0 Å². The molecule has 0 saturated carbocycles. The van der Waals surface area contributed by atoms with E-state index in [9.17, 15) is 14.4 Å². The van der Waals surface area contributed by atoms with Crippen LogP contribution < -0.4 is 15.5 Å². The molecule has 1 atom stereocenters. The molecular formula is C19H20N4O3. The minimum atomic E-state index is -0.399. The van der Waals surface area contributed by atoms with E-state index in [2.05, 4.69) is 15.6 Å². The molecule has 0 aliphatic carbocycles. The van der Waals surface area contributed by atoms with Crippen LogP contribution in [-0.2, 0) is 20.9 Å². The smallest absolute Gasteiger partial charge is 0.227 e. The molecule has 0 bridgehead atoms. The Bertz CT molecular complexity index is 823. The van der Waals surface area contributed by atoms with Gasteiger partial charge in [0, 0.05) is 50.2 Å². The van der Waals surface area contributed by atoms with Crippen LogP contribution in [0.4, 0.5) is 11.4 Å². The summed E-state index contributed by atoms with van der Waals surface area (Å²) in [7, 11) is 0. The van der Waals surface area contributed by atoms with Gasteiger partial charge in [-0.15, -0.1) is 0 Å². The van der Waals surface area contributed by atoms with Crippen molar-refractivity contribution in [1.82, 2.24) is 10.3 Å². The number of anilines is 2. The summed E-state index contributed by atoms with van der Waals surface area (Å²) in [5, 5.41) is 5.55. The van der Waals surface area contributed by atoms with Crippen LogP contribution in [0.2, 0.25) is 0 Å². The number of benzene rings is 1. The molecule has 2 aromatic rings. The monoisotopic (exact) mass is 352 g/mol. The van der Waals surface area contributed by atoms with Gasteiger partial charge in [0.05, 0.1) is 5.92 Å². The topological polar surface area (TPSA) is 91.4 Å². The Kier molecular flexibility index (Phi) is 5.26. The Morgan fingerprint density at radius 1 is 1.27 bits per heavy atom. The summed E-state index contributed by atoms with van der Waals surface area (Å²) < 4.78 is 0. The Balaban J connectivity index is 1.63. The number of carbonyl (C=O) groups is 3. The molecule has 0 radical (unpaired) electrons. The van der Waals surface area contributed by atoms with Crippen molar-refractivity contribution in [3.63, 3.8) is 0 Å². The first kappa shape index (κ1) is 17.6. The Labute approximate surface area is 151 Å². The van der Waals surface area contributed by atoms with Crippen molar-refractivity contribution in [1.29, 1.82) is 0 Å². The van der Waals surface area contributed by atoms with E-state index >= 15 is 0 Å². The number of hydrogen-bond acceptors (Lipinski definition) is 4. The summed E-state index contributed by atoms with van der Waals surface area (Å²) in [4.78, 5) is 41.5. The highest BCUT2D eigenvalue weighted by Crippen LogP contribution is 2.27. The van der Waals surface area contributed by atoms with Crippen molar-refractivity contribution in [2.75, 3.05) is 16.8 Å². The fourth-order valence-electron chi connectivity index (χ4n) is 2.92. The van der Waals surface area contributed by atoms with Crippen molar-refractivity contribution >= 4 is 29.1 Å². The van der Waals surface area contributed by atoms with E-state index in [-0.39, 0.29) is 24.1 Å². The summed E-state index contributed by atoms with van der Waals surface area (Å²) in [6.45, 7) is 2.13. The van der Waals surface area contributed by atoms with Gasteiger partial charge in [-0.3, -0.25) is 19.4 Å². The predicted molar refractivity (Wildman–Crippen MR) is 97.3 cm³/mol. The van der Waals surface area contributed by atoms with E-state index in [1.807, 2.05) is 12.1 Å². The maximum absolute atomic E-state index is 12.4. The highest BCUT2D eigenvalue weighted by molar-refractivity contribution is 6.01. The van der Waals surface area contributed by atoms with E-state index < -0.39 is 5.92 Å². The number of aromatic nitrogens is 1. The second-order valence-electron chi connectivity index (χ2n) is 6.22. The molecule has 1 aromatic heterocycles. The van der Waals surface area contributed by atoms with Crippen molar-refractivity contribution in [2.24, 2.45) is 5.92 Å². The van der Waals surface area contributed by atoms with Crippen LogP contribution >= 0.6 is 0 Å². The molecule has 1 unspecified atom stereocenters. The van der Waals surface area contributed by atoms with Gasteiger partial charge in [-0.1, -0.05) is 12.1 Å². The van der Waals surface area contributed by atoms with Gasteiger partial charge in [0.1, 0.15) is 0 Å². The Hall–Kier alpha value is -3.22. The zero-order chi connectivity index (χ0) is 18.5. The summed E-state index contributed by atoms with van der Waals surface area (Å²) in [6, 6.07) is 10.7. The lowest BCUT2D eigenvalue weighted by Gasteiger charge is -2.17. The summed E-state index contributed by atoms with van der Waals surface area (Å²) in [5.41, 5.74) is 2.20. The zero-order valence-corrected chi connectivity index (χ0v) is 14.4. The number of amides is 3. The summed E-state index contributed by atoms with van der Waals surface area (Å²) in [5.74, 6) is -0.833. The maximum atomic E-state index is 12.4. The standard InChI is InChI=1S/C19H20N4O3/c1-13(24)22-16-5-2-6-17(9-16)23-12-15(8-18(23)25)19(26)21-11-14-4-3-7-20-10-14/h2-7,9-10,15H,8,11-12H2,1H3,(H,21,26)(H,22,24). The van der Waals surface area contributed by atoms with Gasteiger partial charge in [-0.05, 0) is 29.8 Å². The molecule has 1 aliphatic rings. The molecule has 1 aromatic carbocycles. The number of hydrogen-bond donors (Lipinski definition) is 2. The van der Waals surface area contributed by atoms with Crippen LogP contribution in [-0.4, -0.2) is 29.3 Å². The first-order valence-corrected chi connectivity index (χ1v) is 8.37. The predicted octanol–water partition coefficient (Wildman–Crippen LogP) is 1.71. The molecule has 7 heteroatoms. The summed E-state index contributed by atoms with van der Waals surface area (Å²) >= 11 is 0. The normalized spacial score (nSPS) is 16.4. The third-order valence-electron chi connectivity index (χ3n) is 4.16. The third-order valence-corrected chi connectivity index (χ3v) is 4.16. The van der Waals surface area contributed by atoms with E-state index in [4.69, 9.17) is 0 Å². The average Bonchev–Trinajstić information content (AvgIpc) is 3.02. The number of nitrogens with one attached hydrogen (secondary N) is 2. The third kappa shape index (κ3) is 4.24. The molecule has 7 nitrogen and oxygen atoms in total. The first-order chi connectivity index (χ1) is 12.5. The molecule has 1 fully saturated rings. The lowest BCUT2D eigenvalue weighted by molar-refractivity contribution is -0.126. The van der Waals surface area contributed by atoms with Gasteiger partial charge < -0.3 is 15.5 Å². The molecule has 26 heavy (non-hydrogen) atoms. The zero-order valence-electron chi connectivity index (χ0n) is 14.4. The Morgan fingerprint density at radius 2 is 2.12 bits per heavy atom. The van der Waals surface area contributed by atoms with Crippen LogP contribution in [0, 0.1) is 5.92 Å². The minimum absolute atomic E-state index is 0.105. The van der Waals surface area contributed by atoms with Crippen LogP contribution in [0.25, 0.3) is 0 Å². The largest absolute Gasteiger partial charge is 0.352 e. The van der Waals surface area contributed by atoms with Crippen molar-refractivity contribution in [3.8, 4) is 0 Å². The lowest BCUT2D eigenvalue weighted by atomic mass is 10.1.